The van der Waals surface area contributed by atoms with Crippen LogP contribution in [0.3, 0.4) is 0 Å². The predicted molar refractivity (Wildman–Crippen MR) is 83.4 cm³/mol. The molecule has 19 heavy (non-hydrogen) atoms. The highest BCUT2D eigenvalue weighted by atomic mass is 32.1. The summed E-state index contributed by atoms with van der Waals surface area (Å²) in [6, 6.07) is 15.1. The van der Waals surface area contributed by atoms with Crippen LogP contribution in [0.5, 0.6) is 0 Å². The molecule has 3 rings (SSSR count). The van der Waals surface area contributed by atoms with E-state index in [1.165, 1.54) is 28.2 Å². The highest BCUT2D eigenvalue weighted by molar-refractivity contribution is 7.15. The van der Waals surface area contributed by atoms with Crippen molar-refractivity contribution in [3.05, 3.63) is 47.3 Å². The third-order valence-electron chi connectivity index (χ3n) is 4.04. The summed E-state index contributed by atoms with van der Waals surface area (Å²) in [5, 5.41) is 3.71. The summed E-state index contributed by atoms with van der Waals surface area (Å²) in [7, 11) is 0. The van der Waals surface area contributed by atoms with Crippen molar-refractivity contribution in [1.82, 2.24) is 5.32 Å². The number of hydrogen-bond donors (Lipinski definition) is 1. The van der Waals surface area contributed by atoms with Crippen molar-refractivity contribution in [3.8, 4) is 10.4 Å². The topological polar surface area (TPSA) is 12.0 Å². The normalized spacial score (nSPS) is 15.7. The van der Waals surface area contributed by atoms with Gasteiger partial charge >= 0.3 is 0 Å². The molecule has 1 aliphatic carbocycles. The maximum atomic E-state index is 3.71. The van der Waals surface area contributed by atoms with Crippen LogP contribution in [0.2, 0.25) is 0 Å². The van der Waals surface area contributed by atoms with E-state index in [1.54, 1.807) is 0 Å². The lowest BCUT2D eigenvalue weighted by molar-refractivity contribution is 0.341. The molecule has 0 atom stereocenters. The maximum absolute atomic E-state index is 3.71. The molecule has 2 aromatic rings. The van der Waals surface area contributed by atoms with Crippen LogP contribution in [-0.2, 0) is 6.54 Å². The lowest BCUT2D eigenvalue weighted by atomic mass is 9.99. The second-order valence-electron chi connectivity index (χ2n) is 5.98. The smallest absolute Gasteiger partial charge is 0.0346 e. The van der Waals surface area contributed by atoms with E-state index < -0.39 is 0 Å². The first-order chi connectivity index (χ1) is 9.15. The molecule has 0 saturated heterocycles. The van der Waals surface area contributed by atoms with Crippen LogP contribution >= 0.6 is 11.3 Å². The molecule has 0 unspecified atom stereocenters. The van der Waals surface area contributed by atoms with Gasteiger partial charge in [-0.15, -0.1) is 11.3 Å². The van der Waals surface area contributed by atoms with Crippen LogP contribution in [0.15, 0.2) is 42.5 Å². The molecule has 1 saturated carbocycles. The molecule has 0 spiro atoms. The standard InChI is InChI=1S/C17H21NS/c1-17(2,14-8-9-14)18-12-15-10-11-16(19-15)13-6-4-3-5-7-13/h3-7,10-11,14,18H,8-9,12H2,1-2H3. The Morgan fingerprint density at radius 3 is 2.53 bits per heavy atom. The van der Waals surface area contributed by atoms with Gasteiger partial charge in [-0.1, -0.05) is 30.3 Å². The molecular formula is C17H21NS. The first kappa shape index (κ1) is 12.9. The van der Waals surface area contributed by atoms with Gasteiger partial charge in [-0.3, -0.25) is 0 Å². The Morgan fingerprint density at radius 2 is 1.84 bits per heavy atom. The third kappa shape index (κ3) is 3.07. The fourth-order valence-corrected chi connectivity index (χ4v) is 3.45. The molecule has 1 N–H and O–H groups in total. The zero-order valence-corrected chi connectivity index (χ0v) is 12.5. The largest absolute Gasteiger partial charge is 0.307 e. The van der Waals surface area contributed by atoms with Crippen molar-refractivity contribution in [2.75, 3.05) is 0 Å². The predicted octanol–water partition coefficient (Wildman–Crippen LogP) is 4.69. The molecule has 0 aliphatic heterocycles. The molecule has 1 heterocycles. The van der Waals surface area contributed by atoms with Crippen LogP contribution < -0.4 is 5.32 Å². The zero-order valence-electron chi connectivity index (χ0n) is 11.6. The van der Waals surface area contributed by atoms with E-state index in [0.29, 0.717) is 0 Å². The number of nitrogens with one attached hydrogen (secondary N) is 1. The Labute approximate surface area is 119 Å². The van der Waals surface area contributed by atoms with Crippen LogP contribution in [0.1, 0.15) is 31.6 Å². The van der Waals surface area contributed by atoms with E-state index >= 15 is 0 Å². The molecule has 1 aromatic carbocycles. The Bertz CT molecular complexity index is 537. The molecule has 0 radical (unpaired) electrons. The molecule has 1 nitrogen and oxygen atoms in total. The first-order valence-electron chi connectivity index (χ1n) is 7.04. The van der Waals surface area contributed by atoms with E-state index in [2.05, 4.69) is 61.6 Å². The summed E-state index contributed by atoms with van der Waals surface area (Å²) in [5.74, 6) is 0.876. The second-order valence-corrected chi connectivity index (χ2v) is 7.15. The lowest BCUT2D eigenvalue weighted by Gasteiger charge is -2.25. The Kier molecular flexibility index (Phi) is 3.46. The highest BCUT2D eigenvalue weighted by Crippen LogP contribution is 2.39. The minimum absolute atomic E-state index is 0.289. The molecule has 0 bridgehead atoms. The first-order valence-corrected chi connectivity index (χ1v) is 7.86. The van der Waals surface area contributed by atoms with E-state index in [0.717, 1.165) is 12.5 Å². The van der Waals surface area contributed by atoms with Crippen molar-refractivity contribution >= 4 is 11.3 Å². The van der Waals surface area contributed by atoms with Crippen LogP contribution in [-0.4, -0.2) is 5.54 Å². The van der Waals surface area contributed by atoms with Gasteiger partial charge in [0.25, 0.3) is 0 Å². The van der Waals surface area contributed by atoms with Gasteiger partial charge in [0.1, 0.15) is 0 Å². The van der Waals surface area contributed by atoms with E-state index in [-0.39, 0.29) is 5.54 Å². The monoisotopic (exact) mass is 271 g/mol. The average Bonchev–Trinajstić information content (AvgIpc) is 3.18. The summed E-state index contributed by atoms with van der Waals surface area (Å²) in [6.07, 6.45) is 2.78. The van der Waals surface area contributed by atoms with E-state index in [1.807, 2.05) is 11.3 Å². The SMILES string of the molecule is CC(C)(NCc1ccc(-c2ccccc2)s1)C1CC1. The molecule has 1 aromatic heterocycles. The van der Waals surface area contributed by atoms with Gasteiger partial charge in [-0.2, -0.15) is 0 Å². The lowest BCUT2D eigenvalue weighted by Crippen LogP contribution is -2.40. The third-order valence-corrected chi connectivity index (χ3v) is 5.17. The Hall–Kier alpha value is -1.12. The fraction of sp³-hybridized carbons (Fsp3) is 0.412. The Balaban J connectivity index is 1.65. The Morgan fingerprint density at radius 1 is 1.11 bits per heavy atom. The van der Waals surface area contributed by atoms with Gasteiger partial charge in [0.05, 0.1) is 0 Å². The minimum Gasteiger partial charge on any atom is -0.307 e. The molecule has 0 amide bonds. The highest BCUT2D eigenvalue weighted by Gasteiger charge is 2.37. The summed E-state index contributed by atoms with van der Waals surface area (Å²) in [5.41, 5.74) is 1.61. The minimum atomic E-state index is 0.289. The summed E-state index contributed by atoms with van der Waals surface area (Å²) in [4.78, 5) is 2.79. The number of benzene rings is 1. The summed E-state index contributed by atoms with van der Waals surface area (Å²) in [6.45, 7) is 5.65. The number of rotatable bonds is 5. The van der Waals surface area contributed by atoms with Crippen molar-refractivity contribution in [2.45, 2.75) is 38.8 Å². The molecule has 2 heteroatoms. The number of hydrogen-bond acceptors (Lipinski definition) is 2. The van der Waals surface area contributed by atoms with Gasteiger partial charge in [-0.25, -0.2) is 0 Å². The van der Waals surface area contributed by atoms with Crippen molar-refractivity contribution in [2.24, 2.45) is 5.92 Å². The van der Waals surface area contributed by atoms with Crippen molar-refractivity contribution in [1.29, 1.82) is 0 Å². The molecule has 1 aliphatic rings. The fourth-order valence-electron chi connectivity index (χ4n) is 2.49. The quantitative estimate of drug-likeness (QED) is 0.831. The van der Waals surface area contributed by atoms with Gasteiger partial charge in [0, 0.05) is 21.8 Å². The van der Waals surface area contributed by atoms with Gasteiger partial charge < -0.3 is 5.32 Å². The molecule has 1 fully saturated rings. The molecule has 100 valence electrons. The van der Waals surface area contributed by atoms with Gasteiger partial charge in [0.2, 0.25) is 0 Å². The van der Waals surface area contributed by atoms with E-state index in [9.17, 15) is 0 Å². The summed E-state index contributed by atoms with van der Waals surface area (Å²) < 4.78 is 0. The summed E-state index contributed by atoms with van der Waals surface area (Å²) >= 11 is 1.90. The van der Waals surface area contributed by atoms with Gasteiger partial charge in [0.15, 0.2) is 0 Å². The van der Waals surface area contributed by atoms with Gasteiger partial charge in [-0.05, 0) is 50.3 Å². The molecular weight excluding hydrogens is 250 g/mol. The maximum Gasteiger partial charge on any atom is 0.0346 e. The van der Waals surface area contributed by atoms with Crippen LogP contribution in [0.4, 0.5) is 0 Å². The van der Waals surface area contributed by atoms with E-state index in [4.69, 9.17) is 0 Å². The van der Waals surface area contributed by atoms with Crippen molar-refractivity contribution < 1.29 is 0 Å². The second kappa shape index (κ2) is 5.10. The van der Waals surface area contributed by atoms with Crippen molar-refractivity contribution in [3.63, 3.8) is 0 Å². The van der Waals surface area contributed by atoms with Crippen LogP contribution in [0, 0.1) is 5.92 Å². The number of thiophene rings is 1. The van der Waals surface area contributed by atoms with Crippen LogP contribution in [0.25, 0.3) is 10.4 Å². The average molecular weight is 271 g/mol. The zero-order chi connectivity index (χ0) is 13.3.